The second-order valence-electron chi connectivity index (χ2n) is 7.37. The molecule has 1 aliphatic rings. The predicted octanol–water partition coefficient (Wildman–Crippen LogP) is 4.74. The molecule has 5 heteroatoms. The summed E-state index contributed by atoms with van der Waals surface area (Å²) in [5.74, 6) is 1.84. The molecule has 0 aliphatic carbocycles. The number of hydrogen-bond donors (Lipinski definition) is 0. The number of carbonyl (C=O) groups excluding carboxylic acids is 1. The van der Waals surface area contributed by atoms with E-state index in [2.05, 4.69) is 18.8 Å². The van der Waals surface area contributed by atoms with Crippen LogP contribution in [0.15, 0.2) is 36.4 Å². The van der Waals surface area contributed by atoms with Crippen LogP contribution >= 0.6 is 11.6 Å². The maximum Gasteiger partial charge on any atom is 0.272 e. The van der Waals surface area contributed by atoms with Crippen molar-refractivity contribution in [3.8, 4) is 5.75 Å². The summed E-state index contributed by atoms with van der Waals surface area (Å²) < 4.78 is 5.85. The Kier molecular flexibility index (Phi) is 5.82. The molecule has 1 aliphatic heterocycles. The Bertz CT molecular complexity index is 783. The number of pyridine rings is 1. The lowest BCUT2D eigenvalue weighted by atomic mass is 9.92. The molecule has 1 aromatic carbocycles. The van der Waals surface area contributed by atoms with E-state index in [1.807, 2.05) is 36.1 Å². The smallest absolute Gasteiger partial charge is 0.272 e. The highest BCUT2D eigenvalue weighted by atomic mass is 35.5. The highest BCUT2D eigenvalue weighted by molar-refractivity contribution is 6.30. The van der Waals surface area contributed by atoms with Crippen molar-refractivity contribution in [2.24, 2.45) is 11.8 Å². The van der Waals surface area contributed by atoms with Crippen LogP contribution in [0.5, 0.6) is 5.75 Å². The van der Waals surface area contributed by atoms with E-state index in [0.29, 0.717) is 29.2 Å². The number of rotatable bonds is 4. The van der Waals surface area contributed by atoms with Crippen LogP contribution in [0, 0.1) is 18.8 Å². The Balaban J connectivity index is 1.68. The second-order valence-corrected chi connectivity index (χ2v) is 7.81. The molecule has 0 radical (unpaired) electrons. The minimum atomic E-state index is 0.00734. The average Bonchev–Trinajstić information content (AvgIpc) is 2.60. The van der Waals surface area contributed by atoms with Crippen LogP contribution in [-0.4, -0.2) is 28.9 Å². The average molecular weight is 373 g/mol. The first-order valence-electron chi connectivity index (χ1n) is 9.06. The molecular weight excluding hydrogens is 348 g/mol. The molecule has 1 amide bonds. The quantitative estimate of drug-likeness (QED) is 0.778. The van der Waals surface area contributed by atoms with E-state index in [1.165, 1.54) is 6.42 Å². The van der Waals surface area contributed by atoms with Gasteiger partial charge >= 0.3 is 0 Å². The third-order valence-corrected chi connectivity index (χ3v) is 4.93. The predicted molar refractivity (Wildman–Crippen MR) is 104 cm³/mol. The van der Waals surface area contributed by atoms with Crippen molar-refractivity contribution in [3.05, 3.63) is 58.4 Å². The number of nitrogens with zero attached hydrogens (tertiary/aromatic N) is 2. The molecule has 0 spiro atoms. The van der Waals surface area contributed by atoms with Gasteiger partial charge in [0.05, 0.1) is 5.69 Å². The number of carbonyl (C=O) groups is 1. The monoisotopic (exact) mass is 372 g/mol. The molecule has 2 atom stereocenters. The van der Waals surface area contributed by atoms with Gasteiger partial charge in [0.1, 0.15) is 18.1 Å². The molecule has 0 saturated carbocycles. The topological polar surface area (TPSA) is 42.4 Å². The Morgan fingerprint density at radius 3 is 2.65 bits per heavy atom. The number of ether oxygens (including phenoxy) is 1. The third-order valence-electron chi connectivity index (χ3n) is 4.69. The van der Waals surface area contributed by atoms with E-state index >= 15 is 0 Å². The summed E-state index contributed by atoms with van der Waals surface area (Å²) in [5.41, 5.74) is 2.20. The van der Waals surface area contributed by atoms with E-state index in [-0.39, 0.29) is 5.91 Å². The number of aromatic nitrogens is 1. The van der Waals surface area contributed by atoms with E-state index in [1.54, 1.807) is 12.1 Å². The molecule has 4 nitrogen and oxygen atoms in total. The maximum absolute atomic E-state index is 12.8. The summed E-state index contributed by atoms with van der Waals surface area (Å²) >= 11 is 5.97. The van der Waals surface area contributed by atoms with E-state index in [0.717, 1.165) is 30.1 Å². The lowest BCUT2D eigenvalue weighted by Crippen LogP contribution is -2.42. The highest BCUT2D eigenvalue weighted by Crippen LogP contribution is 2.24. The van der Waals surface area contributed by atoms with Crippen LogP contribution in [0.25, 0.3) is 0 Å². The lowest BCUT2D eigenvalue weighted by molar-refractivity contribution is 0.0616. The largest absolute Gasteiger partial charge is 0.487 e. The zero-order chi connectivity index (χ0) is 18.7. The summed E-state index contributed by atoms with van der Waals surface area (Å²) in [6.45, 7) is 8.26. The molecule has 1 aromatic heterocycles. The number of aryl methyl sites for hydroxylation is 1. The molecule has 2 aromatic rings. The fourth-order valence-corrected chi connectivity index (χ4v) is 3.82. The molecule has 0 bridgehead atoms. The minimum absolute atomic E-state index is 0.00734. The third kappa shape index (κ3) is 4.55. The van der Waals surface area contributed by atoms with Gasteiger partial charge in [0.15, 0.2) is 0 Å². The van der Waals surface area contributed by atoms with E-state index in [9.17, 15) is 4.79 Å². The van der Waals surface area contributed by atoms with Crippen LogP contribution in [0.2, 0.25) is 5.02 Å². The van der Waals surface area contributed by atoms with Gasteiger partial charge in [0, 0.05) is 18.1 Å². The molecular formula is C21H25ClN2O2. The summed E-state index contributed by atoms with van der Waals surface area (Å²) in [6.07, 6.45) is 1.17. The fourth-order valence-electron chi connectivity index (χ4n) is 3.60. The molecule has 26 heavy (non-hydrogen) atoms. The molecule has 0 N–H and O–H groups in total. The number of benzene rings is 1. The van der Waals surface area contributed by atoms with Gasteiger partial charge in [-0.3, -0.25) is 4.79 Å². The number of hydrogen-bond acceptors (Lipinski definition) is 3. The standard InChI is InChI=1S/C21H25ClN2O2/c1-14-9-15(2)12-24(11-14)21(25)19-6-4-5-18(23-19)13-26-20-8-7-17(22)10-16(20)3/h4-8,10,14-15H,9,11-13H2,1-3H3. The number of amides is 1. The summed E-state index contributed by atoms with van der Waals surface area (Å²) in [5, 5.41) is 0.686. The highest BCUT2D eigenvalue weighted by Gasteiger charge is 2.26. The van der Waals surface area contributed by atoms with Crippen LogP contribution in [-0.2, 0) is 6.61 Å². The fraction of sp³-hybridized carbons (Fsp3) is 0.429. The van der Waals surface area contributed by atoms with Gasteiger partial charge in [0.25, 0.3) is 5.91 Å². The van der Waals surface area contributed by atoms with Crippen molar-refractivity contribution < 1.29 is 9.53 Å². The van der Waals surface area contributed by atoms with Gasteiger partial charge in [0.2, 0.25) is 0 Å². The van der Waals surface area contributed by atoms with Crippen LogP contribution in [0.1, 0.15) is 42.0 Å². The van der Waals surface area contributed by atoms with Gasteiger partial charge in [-0.25, -0.2) is 4.98 Å². The SMILES string of the molecule is Cc1cc(Cl)ccc1OCc1cccc(C(=O)N2CC(C)CC(C)C2)n1. The second kappa shape index (κ2) is 8.09. The Morgan fingerprint density at radius 1 is 1.23 bits per heavy atom. The van der Waals surface area contributed by atoms with Crippen LogP contribution in [0.4, 0.5) is 0 Å². The number of piperidine rings is 1. The Morgan fingerprint density at radius 2 is 1.96 bits per heavy atom. The van der Waals surface area contributed by atoms with Crippen molar-refractivity contribution in [2.45, 2.75) is 33.8 Å². The first-order chi connectivity index (χ1) is 12.4. The maximum atomic E-state index is 12.8. The zero-order valence-corrected chi connectivity index (χ0v) is 16.3. The van der Waals surface area contributed by atoms with Gasteiger partial charge in [-0.2, -0.15) is 0 Å². The summed E-state index contributed by atoms with van der Waals surface area (Å²) in [6, 6.07) is 11.0. The zero-order valence-electron chi connectivity index (χ0n) is 15.5. The van der Waals surface area contributed by atoms with Crippen molar-refractivity contribution in [3.63, 3.8) is 0 Å². The first kappa shape index (κ1) is 18.7. The van der Waals surface area contributed by atoms with Gasteiger partial charge in [-0.05, 0) is 61.1 Å². The van der Waals surface area contributed by atoms with Crippen molar-refractivity contribution in [1.29, 1.82) is 0 Å². The number of likely N-dealkylation sites (tertiary alicyclic amines) is 1. The summed E-state index contributed by atoms with van der Waals surface area (Å²) in [7, 11) is 0. The van der Waals surface area contributed by atoms with Crippen molar-refractivity contribution >= 4 is 17.5 Å². The molecule has 1 saturated heterocycles. The Hall–Kier alpha value is -2.07. The van der Waals surface area contributed by atoms with E-state index < -0.39 is 0 Å². The minimum Gasteiger partial charge on any atom is -0.487 e. The lowest BCUT2D eigenvalue weighted by Gasteiger charge is -2.34. The molecule has 1 fully saturated rings. The normalized spacial score (nSPS) is 20.1. The Labute approximate surface area is 160 Å². The number of halogens is 1. The molecule has 3 rings (SSSR count). The molecule has 138 valence electrons. The molecule has 2 unspecified atom stereocenters. The first-order valence-corrected chi connectivity index (χ1v) is 9.44. The molecule has 2 heterocycles. The van der Waals surface area contributed by atoms with Gasteiger partial charge in [-0.15, -0.1) is 0 Å². The van der Waals surface area contributed by atoms with Crippen molar-refractivity contribution in [2.75, 3.05) is 13.1 Å². The van der Waals surface area contributed by atoms with Crippen molar-refractivity contribution in [1.82, 2.24) is 9.88 Å². The van der Waals surface area contributed by atoms with Gasteiger partial charge in [-0.1, -0.05) is 31.5 Å². The van der Waals surface area contributed by atoms with E-state index in [4.69, 9.17) is 16.3 Å². The summed E-state index contributed by atoms with van der Waals surface area (Å²) in [4.78, 5) is 19.3. The van der Waals surface area contributed by atoms with Crippen LogP contribution in [0.3, 0.4) is 0 Å². The van der Waals surface area contributed by atoms with Gasteiger partial charge < -0.3 is 9.64 Å². The van der Waals surface area contributed by atoms with Crippen LogP contribution < -0.4 is 4.74 Å².